The van der Waals surface area contributed by atoms with Gasteiger partial charge in [-0.25, -0.2) is 13.4 Å². The molecule has 1 fully saturated rings. The van der Waals surface area contributed by atoms with Crippen LogP contribution in [0.1, 0.15) is 24.0 Å². The molecule has 32 heavy (non-hydrogen) atoms. The van der Waals surface area contributed by atoms with Crippen LogP contribution >= 0.6 is 11.3 Å². The van der Waals surface area contributed by atoms with Crippen molar-refractivity contribution in [3.05, 3.63) is 47.5 Å². The van der Waals surface area contributed by atoms with Crippen molar-refractivity contribution in [3.63, 3.8) is 0 Å². The Bertz CT molecular complexity index is 1190. The maximum Gasteiger partial charge on any atom is 0.244 e. The van der Waals surface area contributed by atoms with Gasteiger partial charge >= 0.3 is 0 Å². The molecule has 1 unspecified atom stereocenters. The van der Waals surface area contributed by atoms with Gasteiger partial charge in [0.1, 0.15) is 11.5 Å². The Kier molecular flexibility index (Phi) is 6.50. The molecule has 1 aliphatic rings. The van der Waals surface area contributed by atoms with E-state index in [-0.39, 0.29) is 17.5 Å². The number of fused-ring (bicyclic) bond motifs is 1. The zero-order valence-electron chi connectivity index (χ0n) is 18.3. The quantitative estimate of drug-likeness (QED) is 0.516. The first-order valence-electron chi connectivity index (χ1n) is 10.4. The molecule has 3 aromatic rings. The number of rotatable bonds is 7. The van der Waals surface area contributed by atoms with Gasteiger partial charge < -0.3 is 9.47 Å². The molecule has 0 radical (unpaired) electrons. The number of anilines is 1. The van der Waals surface area contributed by atoms with Crippen LogP contribution in [0.15, 0.2) is 41.3 Å². The lowest BCUT2D eigenvalue weighted by Crippen LogP contribution is -2.40. The van der Waals surface area contributed by atoms with Crippen LogP contribution < -0.4 is 9.64 Å². The standard InChI is InChI=1S/C23H26N2O5S2/c1-15-11-20-21(12-16(15)2)31-23(24-20)25(13-18-5-4-10-30-18)22(26)14-32(27,28)19-8-6-17(29-3)7-9-19/h6-9,11-12,18H,4-5,10,13-14H2,1-3H3. The molecule has 0 N–H and O–H groups in total. The van der Waals surface area contributed by atoms with Crippen LogP contribution in [0.25, 0.3) is 10.2 Å². The summed E-state index contributed by atoms with van der Waals surface area (Å²) < 4.78 is 37.7. The van der Waals surface area contributed by atoms with E-state index in [1.807, 2.05) is 19.9 Å². The lowest BCUT2D eigenvalue weighted by atomic mass is 10.1. The van der Waals surface area contributed by atoms with Crippen LogP contribution in [0.3, 0.4) is 0 Å². The molecule has 0 spiro atoms. The summed E-state index contributed by atoms with van der Waals surface area (Å²) in [5.41, 5.74) is 3.07. The van der Waals surface area contributed by atoms with Crippen LogP contribution in [0.2, 0.25) is 0 Å². The van der Waals surface area contributed by atoms with Gasteiger partial charge in [0.05, 0.1) is 34.9 Å². The Hall–Kier alpha value is -2.49. The number of carbonyl (C=O) groups is 1. The Morgan fingerprint density at radius 1 is 1.22 bits per heavy atom. The number of sulfone groups is 1. The van der Waals surface area contributed by atoms with Gasteiger partial charge in [0.15, 0.2) is 15.0 Å². The molecule has 1 saturated heterocycles. The van der Waals surface area contributed by atoms with Crippen LogP contribution in [-0.4, -0.2) is 51.4 Å². The highest BCUT2D eigenvalue weighted by Gasteiger charge is 2.30. The first-order chi connectivity index (χ1) is 15.3. The topological polar surface area (TPSA) is 85.8 Å². The van der Waals surface area contributed by atoms with Crippen molar-refractivity contribution in [2.45, 2.75) is 37.7 Å². The van der Waals surface area contributed by atoms with Gasteiger partial charge in [0, 0.05) is 6.61 Å². The van der Waals surface area contributed by atoms with E-state index < -0.39 is 21.5 Å². The molecule has 2 heterocycles. The largest absolute Gasteiger partial charge is 0.497 e. The molecule has 7 nitrogen and oxygen atoms in total. The number of thiazole rings is 1. The highest BCUT2D eigenvalue weighted by molar-refractivity contribution is 7.92. The lowest BCUT2D eigenvalue weighted by Gasteiger charge is -2.23. The molecule has 0 aliphatic carbocycles. The fourth-order valence-electron chi connectivity index (χ4n) is 3.67. The van der Waals surface area contributed by atoms with Crippen molar-refractivity contribution in [1.82, 2.24) is 4.98 Å². The second-order valence-electron chi connectivity index (χ2n) is 7.97. The first kappa shape index (κ1) is 22.7. The average Bonchev–Trinajstić information content (AvgIpc) is 3.41. The Morgan fingerprint density at radius 2 is 1.94 bits per heavy atom. The van der Waals surface area contributed by atoms with Gasteiger partial charge in [0.2, 0.25) is 5.91 Å². The second kappa shape index (κ2) is 9.17. The summed E-state index contributed by atoms with van der Waals surface area (Å²) in [5.74, 6) is -0.598. The minimum absolute atomic E-state index is 0.0827. The van der Waals surface area contributed by atoms with E-state index in [4.69, 9.17) is 9.47 Å². The van der Waals surface area contributed by atoms with Crippen LogP contribution in [0, 0.1) is 13.8 Å². The van der Waals surface area contributed by atoms with E-state index in [9.17, 15) is 13.2 Å². The number of methoxy groups -OCH3 is 1. The fourth-order valence-corrected chi connectivity index (χ4v) is 5.94. The molecule has 9 heteroatoms. The summed E-state index contributed by atoms with van der Waals surface area (Å²) in [6.45, 7) is 4.99. The van der Waals surface area contributed by atoms with E-state index in [1.165, 1.54) is 35.5 Å². The van der Waals surface area contributed by atoms with Crippen molar-refractivity contribution < 1.29 is 22.7 Å². The minimum Gasteiger partial charge on any atom is -0.497 e. The molecule has 2 aromatic carbocycles. The molecule has 4 rings (SSSR count). The van der Waals surface area contributed by atoms with Gasteiger partial charge in [-0.2, -0.15) is 0 Å². The number of aryl methyl sites for hydroxylation is 2. The number of ether oxygens (including phenoxy) is 2. The molecule has 1 aromatic heterocycles. The molecular formula is C23H26N2O5S2. The summed E-state index contributed by atoms with van der Waals surface area (Å²) in [6.07, 6.45) is 1.63. The predicted octanol–water partition coefficient (Wildman–Crippen LogP) is 3.91. The van der Waals surface area contributed by atoms with Gasteiger partial charge in [-0.3, -0.25) is 9.69 Å². The van der Waals surface area contributed by atoms with Crippen molar-refractivity contribution in [3.8, 4) is 5.75 Å². The summed E-state index contributed by atoms with van der Waals surface area (Å²) in [4.78, 5) is 19.5. The predicted molar refractivity (Wildman–Crippen MR) is 125 cm³/mol. The first-order valence-corrected chi connectivity index (χ1v) is 12.9. The Labute approximate surface area is 191 Å². The number of benzene rings is 2. The molecular weight excluding hydrogens is 448 g/mol. The highest BCUT2D eigenvalue weighted by atomic mass is 32.2. The number of carbonyl (C=O) groups excluding carboxylic acids is 1. The third-order valence-corrected chi connectivity index (χ3v) is 8.33. The van der Waals surface area contributed by atoms with Crippen molar-refractivity contribution in [2.75, 3.05) is 30.9 Å². The van der Waals surface area contributed by atoms with E-state index in [0.29, 0.717) is 17.5 Å². The highest BCUT2D eigenvalue weighted by Crippen LogP contribution is 2.32. The van der Waals surface area contributed by atoms with Crippen molar-refractivity contribution in [2.24, 2.45) is 0 Å². The fraction of sp³-hybridized carbons (Fsp3) is 0.391. The third-order valence-electron chi connectivity index (χ3n) is 5.67. The maximum absolute atomic E-state index is 13.3. The second-order valence-corrected chi connectivity index (χ2v) is 11.0. The minimum atomic E-state index is -3.83. The molecule has 1 aliphatic heterocycles. The summed E-state index contributed by atoms with van der Waals surface area (Å²) >= 11 is 1.39. The Morgan fingerprint density at radius 3 is 2.59 bits per heavy atom. The van der Waals surface area contributed by atoms with Gasteiger partial charge in [0.25, 0.3) is 0 Å². The van der Waals surface area contributed by atoms with Crippen LogP contribution in [-0.2, 0) is 19.4 Å². The van der Waals surface area contributed by atoms with Crippen molar-refractivity contribution >= 4 is 42.4 Å². The van der Waals surface area contributed by atoms with Gasteiger partial charge in [-0.05, 0) is 74.2 Å². The number of amides is 1. The number of aromatic nitrogens is 1. The number of nitrogens with zero attached hydrogens (tertiary/aromatic N) is 2. The number of hydrogen-bond donors (Lipinski definition) is 0. The monoisotopic (exact) mass is 474 g/mol. The van der Waals surface area contributed by atoms with Crippen molar-refractivity contribution in [1.29, 1.82) is 0 Å². The Balaban J connectivity index is 1.64. The third kappa shape index (κ3) is 4.79. The molecule has 0 bridgehead atoms. The molecule has 1 amide bonds. The average molecular weight is 475 g/mol. The van der Waals surface area contributed by atoms with Crippen LogP contribution in [0.5, 0.6) is 5.75 Å². The number of hydrogen-bond acceptors (Lipinski definition) is 7. The summed E-state index contributed by atoms with van der Waals surface area (Å²) in [6, 6.07) is 10.1. The molecule has 170 valence electrons. The lowest BCUT2D eigenvalue weighted by molar-refractivity contribution is -0.116. The maximum atomic E-state index is 13.3. The van der Waals surface area contributed by atoms with Crippen LogP contribution in [0.4, 0.5) is 5.13 Å². The normalized spacial score (nSPS) is 16.4. The smallest absolute Gasteiger partial charge is 0.244 e. The summed E-state index contributed by atoms with van der Waals surface area (Å²) in [7, 11) is -2.31. The van der Waals surface area contributed by atoms with E-state index in [0.717, 1.165) is 34.2 Å². The SMILES string of the molecule is COc1ccc(S(=O)(=O)CC(=O)N(CC2CCCO2)c2nc3cc(C)c(C)cc3s2)cc1. The summed E-state index contributed by atoms with van der Waals surface area (Å²) in [5, 5.41) is 0.496. The van der Waals surface area contributed by atoms with E-state index >= 15 is 0 Å². The van der Waals surface area contributed by atoms with E-state index in [2.05, 4.69) is 11.1 Å². The molecule has 1 atom stereocenters. The molecule has 0 saturated carbocycles. The van der Waals surface area contributed by atoms with Gasteiger partial charge in [-0.15, -0.1) is 0 Å². The van der Waals surface area contributed by atoms with Gasteiger partial charge in [-0.1, -0.05) is 11.3 Å². The van der Waals surface area contributed by atoms with E-state index in [1.54, 1.807) is 12.1 Å². The zero-order valence-corrected chi connectivity index (χ0v) is 20.0. The zero-order chi connectivity index (χ0) is 22.9.